The molecule has 5 rings (SSSR count). The van der Waals surface area contributed by atoms with Crippen molar-refractivity contribution in [2.45, 2.75) is 80.3 Å². The van der Waals surface area contributed by atoms with Gasteiger partial charge in [-0.05, 0) is 70.8 Å². The topological polar surface area (TPSA) is 6.48 Å². The van der Waals surface area contributed by atoms with E-state index >= 15 is 0 Å². The van der Waals surface area contributed by atoms with E-state index < -0.39 is 0 Å². The van der Waals surface area contributed by atoms with Gasteiger partial charge in [0.25, 0.3) is 0 Å². The zero-order valence-electron chi connectivity index (χ0n) is 26.7. The molecule has 2 heteroatoms. The van der Waals surface area contributed by atoms with E-state index in [0.717, 1.165) is 19.5 Å². The summed E-state index contributed by atoms with van der Waals surface area (Å²) < 4.78 is 0. The number of hydrogen-bond donors (Lipinski definition) is 0. The van der Waals surface area contributed by atoms with Crippen molar-refractivity contribution in [1.29, 1.82) is 0 Å². The molecule has 1 saturated heterocycles. The van der Waals surface area contributed by atoms with Crippen LogP contribution in [0.15, 0.2) is 108 Å². The van der Waals surface area contributed by atoms with Crippen LogP contribution in [0, 0.1) is 35.5 Å². The average Bonchev–Trinajstić information content (AvgIpc) is 3.37. The van der Waals surface area contributed by atoms with Crippen LogP contribution in [-0.4, -0.2) is 16.5 Å². The van der Waals surface area contributed by atoms with Gasteiger partial charge in [-0.25, -0.2) is 0 Å². The van der Waals surface area contributed by atoms with E-state index in [2.05, 4.69) is 150 Å². The molecule has 1 fully saturated rings. The van der Waals surface area contributed by atoms with Gasteiger partial charge in [-0.3, -0.25) is 0 Å². The molecule has 0 saturated carbocycles. The molecule has 0 unspecified atom stereocenters. The molecule has 2 nitrogen and oxygen atoms in total. The van der Waals surface area contributed by atoms with E-state index in [1.54, 1.807) is 5.70 Å². The van der Waals surface area contributed by atoms with Gasteiger partial charge in [-0.1, -0.05) is 134 Å². The summed E-state index contributed by atoms with van der Waals surface area (Å²) in [6, 6.07) is 23.1. The normalized spacial score (nSPS) is 25.2. The van der Waals surface area contributed by atoms with Crippen molar-refractivity contribution in [1.82, 2.24) is 9.80 Å². The summed E-state index contributed by atoms with van der Waals surface area (Å²) in [5.74, 6) is 3.32. The van der Waals surface area contributed by atoms with Crippen molar-refractivity contribution < 1.29 is 0 Å². The number of benzene rings is 2. The van der Waals surface area contributed by atoms with Crippen LogP contribution in [0.3, 0.4) is 0 Å². The first kappa shape index (κ1) is 29.5. The lowest BCUT2D eigenvalue weighted by Crippen LogP contribution is -2.33. The minimum Gasteiger partial charge on any atom is -0.347 e. The average molecular weight is 549 g/mol. The van der Waals surface area contributed by atoms with Crippen molar-refractivity contribution in [3.05, 3.63) is 119 Å². The highest BCUT2D eigenvalue weighted by molar-refractivity contribution is 5.40. The third kappa shape index (κ3) is 5.99. The minimum absolute atomic E-state index is 0.238. The fourth-order valence-electron chi connectivity index (χ4n) is 7.23. The summed E-state index contributed by atoms with van der Waals surface area (Å²) in [4.78, 5) is 5.62. The second-order valence-electron chi connectivity index (χ2n) is 13.8. The Bertz CT molecular complexity index is 1290. The summed E-state index contributed by atoms with van der Waals surface area (Å²) in [6.07, 6.45) is 12.3. The maximum absolute atomic E-state index is 2.81. The van der Waals surface area contributed by atoms with Crippen molar-refractivity contribution >= 4 is 0 Å². The van der Waals surface area contributed by atoms with Crippen LogP contribution < -0.4 is 0 Å². The highest BCUT2D eigenvalue weighted by Gasteiger charge is 2.46. The van der Waals surface area contributed by atoms with E-state index in [9.17, 15) is 0 Å². The fraction of sp³-hybridized carbons (Fsp3) is 0.487. The number of allylic oxidation sites excluding steroid dienone is 8. The van der Waals surface area contributed by atoms with E-state index in [4.69, 9.17) is 0 Å². The Morgan fingerprint density at radius 3 is 1.78 bits per heavy atom. The van der Waals surface area contributed by atoms with Crippen molar-refractivity contribution in [3.8, 4) is 0 Å². The standard InChI is InChI=1S/C39H52N2/c1-26(2)32-19-21-34(28(5)6)36(23-32)40-25-41(37-24-33(27(3)4)20-22-35(37)29(7)8)39(31-17-13-10-14-18-31)38(40)30-15-11-9-12-16-30/h9-21,24,26-29,32,35,38-39H,22-23,25H2,1-8H3/t32-,35-,38-,39-/m1/s1. The molecular formula is C39H52N2. The van der Waals surface area contributed by atoms with Gasteiger partial charge in [-0.2, -0.15) is 0 Å². The smallest absolute Gasteiger partial charge is 0.0911 e. The summed E-state index contributed by atoms with van der Waals surface area (Å²) in [5, 5.41) is 0. The lowest BCUT2D eigenvalue weighted by atomic mass is 9.80. The van der Waals surface area contributed by atoms with Crippen LogP contribution in [0.4, 0.5) is 0 Å². The summed E-state index contributed by atoms with van der Waals surface area (Å²) in [6.45, 7) is 19.9. The maximum atomic E-state index is 2.81. The van der Waals surface area contributed by atoms with Crippen molar-refractivity contribution in [3.63, 3.8) is 0 Å². The van der Waals surface area contributed by atoms with Crippen molar-refractivity contribution in [2.24, 2.45) is 35.5 Å². The van der Waals surface area contributed by atoms with Gasteiger partial charge in [0, 0.05) is 17.3 Å². The number of hydrogen-bond acceptors (Lipinski definition) is 2. The lowest BCUT2D eigenvalue weighted by Gasteiger charge is -2.38. The minimum atomic E-state index is 0.238. The Labute approximate surface area is 250 Å². The van der Waals surface area contributed by atoms with Crippen LogP contribution >= 0.6 is 0 Å². The Kier molecular flexibility index (Phi) is 8.97. The summed E-state index contributed by atoms with van der Waals surface area (Å²) in [5.41, 5.74) is 8.90. The second kappa shape index (κ2) is 12.5. The Morgan fingerprint density at radius 1 is 0.683 bits per heavy atom. The quantitative estimate of drug-likeness (QED) is 0.324. The third-order valence-electron chi connectivity index (χ3n) is 9.77. The molecule has 1 heterocycles. The highest BCUT2D eigenvalue weighted by atomic mass is 15.4. The second-order valence-corrected chi connectivity index (χ2v) is 13.8. The predicted octanol–water partition coefficient (Wildman–Crippen LogP) is 10.3. The third-order valence-corrected chi connectivity index (χ3v) is 9.77. The molecule has 0 bridgehead atoms. The Morgan fingerprint density at radius 2 is 1.27 bits per heavy atom. The Hall–Kier alpha value is -3.00. The first-order valence-electron chi connectivity index (χ1n) is 16.1. The fourth-order valence-corrected chi connectivity index (χ4v) is 7.23. The molecule has 41 heavy (non-hydrogen) atoms. The zero-order valence-corrected chi connectivity index (χ0v) is 26.7. The van der Waals surface area contributed by atoms with Crippen LogP contribution in [0.5, 0.6) is 0 Å². The molecule has 1 aliphatic heterocycles. The van der Waals surface area contributed by atoms with Crippen LogP contribution in [-0.2, 0) is 0 Å². The molecule has 0 N–H and O–H groups in total. The van der Waals surface area contributed by atoms with Gasteiger partial charge in [0.1, 0.15) is 0 Å². The van der Waals surface area contributed by atoms with Crippen LogP contribution in [0.1, 0.15) is 91.4 Å². The molecule has 3 aliphatic rings. The van der Waals surface area contributed by atoms with E-state index in [-0.39, 0.29) is 12.1 Å². The molecule has 218 valence electrons. The number of rotatable bonds is 8. The van der Waals surface area contributed by atoms with Gasteiger partial charge in [0.05, 0.1) is 18.8 Å². The van der Waals surface area contributed by atoms with Gasteiger partial charge in [0.2, 0.25) is 0 Å². The molecule has 0 spiro atoms. The summed E-state index contributed by atoms with van der Waals surface area (Å²) in [7, 11) is 0. The largest absolute Gasteiger partial charge is 0.347 e. The van der Waals surface area contributed by atoms with Crippen LogP contribution in [0.2, 0.25) is 0 Å². The first-order valence-corrected chi connectivity index (χ1v) is 16.1. The van der Waals surface area contributed by atoms with Gasteiger partial charge in [-0.15, -0.1) is 0 Å². The van der Waals surface area contributed by atoms with E-state index in [1.165, 1.54) is 28.0 Å². The van der Waals surface area contributed by atoms with E-state index in [1.807, 2.05) is 0 Å². The lowest BCUT2D eigenvalue weighted by molar-refractivity contribution is 0.235. The molecule has 0 radical (unpaired) electrons. The van der Waals surface area contributed by atoms with Gasteiger partial charge >= 0.3 is 0 Å². The molecule has 0 amide bonds. The van der Waals surface area contributed by atoms with Gasteiger partial charge in [0.15, 0.2) is 0 Å². The molecule has 4 atom stereocenters. The van der Waals surface area contributed by atoms with Gasteiger partial charge < -0.3 is 9.80 Å². The van der Waals surface area contributed by atoms with E-state index in [0.29, 0.717) is 35.5 Å². The maximum Gasteiger partial charge on any atom is 0.0911 e. The predicted molar refractivity (Wildman–Crippen MR) is 175 cm³/mol. The first-order chi connectivity index (χ1) is 19.7. The highest BCUT2D eigenvalue weighted by Crippen LogP contribution is 2.52. The van der Waals surface area contributed by atoms with Crippen molar-refractivity contribution in [2.75, 3.05) is 6.67 Å². The monoisotopic (exact) mass is 548 g/mol. The Balaban J connectivity index is 1.73. The molecule has 2 aromatic rings. The molecule has 0 aromatic heterocycles. The summed E-state index contributed by atoms with van der Waals surface area (Å²) >= 11 is 0. The van der Waals surface area contributed by atoms with Crippen LogP contribution in [0.25, 0.3) is 0 Å². The number of nitrogens with zero attached hydrogens (tertiary/aromatic N) is 2. The SMILES string of the molecule is CC(C)C1=CC[C@H](C(C)C)C(N2CN(C3=C(C(C)C)C=C[C@@H](C(C)C)C3)[C@H](c3ccccc3)[C@H]2c2ccccc2)=C1. The zero-order chi connectivity index (χ0) is 29.3. The molecule has 2 aliphatic carbocycles. The molecule has 2 aromatic carbocycles. The molecular weight excluding hydrogens is 496 g/mol.